The minimum atomic E-state index is -0.498. The van der Waals surface area contributed by atoms with Crippen molar-refractivity contribution in [3.05, 3.63) is 0 Å². The standard InChI is InChI=1S/C7H12O5/c1-3-6(8)10-5-11-12-7(9)4-2/h3-5H2,1-2H3. The van der Waals surface area contributed by atoms with Crippen LogP contribution in [0.25, 0.3) is 0 Å². The molecule has 0 unspecified atom stereocenters. The summed E-state index contributed by atoms with van der Waals surface area (Å²) in [5, 5.41) is 0. The number of rotatable bonds is 5. The molecule has 0 N–H and O–H groups in total. The number of ether oxygens (including phenoxy) is 1. The van der Waals surface area contributed by atoms with Crippen molar-refractivity contribution >= 4 is 11.9 Å². The molecule has 0 atom stereocenters. The molecule has 0 aromatic heterocycles. The van der Waals surface area contributed by atoms with E-state index < -0.39 is 11.9 Å². The Morgan fingerprint density at radius 3 is 2.17 bits per heavy atom. The van der Waals surface area contributed by atoms with Crippen molar-refractivity contribution in [2.45, 2.75) is 26.7 Å². The maximum atomic E-state index is 10.5. The highest BCUT2D eigenvalue weighted by atomic mass is 17.2. The van der Waals surface area contributed by atoms with Crippen molar-refractivity contribution in [2.24, 2.45) is 0 Å². The number of hydrogen-bond acceptors (Lipinski definition) is 5. The van der Waals surface area contributed by atoms with Crippen LogP contribution in [0.1, 0.15) is 26.7 Å². The van der Waals surface area contributed by atoms with Crippen molar-refractivity contribution in [3.63, 3.8) is 0 Å². The van der Waals surface area contributed by atoms with E-state index in [0.717, 1.165) is 0 Å². The molecule has 0 heterocycles. The van der Waals surface area contributed by atoms with Crippen molar-refractivity contribution < 1.29 is 24.1 Å². The zero-order valence-electron chi connectivity index (χ0n) is 7.16. The Bertz CT molecular complexity index is 136. The van der Waals surface area contributed by atoms with Gasteiger partial charge in [0.1, 0.15) is 0 Å². The summed E-state index contributed by atoms with van der Waals surface area (Å²) in [6, 6.07) is 0. The topological polar surface area (TPSA) is 61.8 Å². The predicted molar refractivity (Wildman–Crippen MR) is 38.7 cm³/mol. The molecular formula is C7H12O5. The Hall–Kier alpha value is -1.10. The van der Waals surface area contributed by atoms with Crippen molar-refractivity contribution in [1.82, 2.24) is 0 Å². The first-order valence-electron chi connectivity index (χ1n) is 3.68. The molecule has 0 saturated heterocycles. The van der Waals surface area contributed by atoms with Gasteiger partial charge in [0.05, 0.1) is 0 Å². The van der Waals surface area contributed by atoms with Gasteiger partial charge in [0.15, 0.2) is 0 Å². The van der Waals surface area contributed by atoms with Crippen LogP contribution < -0.4 is 0 Å². The molecule has 0 aromatic rings. The van der Waals surface area contributed by atoms with Gasteiger partial charge < -0.3 is 4.74 Å². The fourth-order valence-electron chi connectivity index (χ4n) is 0.341. The fourth-order valence-corrected chi connectivity index (χ4v) is 0.341. The monoisotopic (exact) mass is 176 g/mol. The Labute approximate surface area is 70.5 Å². The maximum absolute atomic E-state index is 10.5. The van der Waals surface area contributed by atoms with Crippen LogP contribution in [0.4, 0.5) is 0 Å². The Balaban J connectivity index is 3.21. The van der Waals surface area contributed by atoms with E-state index >= 15 is 0 Å². The third-order valence-electron chi connectivity index (χ3n) is 0.997. The van der Waals surface area contributed by atoms with E-state index in [0.29, 0.717) is 0 Å². The average molecular weight is 176 g/mol. The highest BCUT2D eigenvalue weighted by molar-refractivity contribution is 5.69. The van der Waals surface area contributed by atoms with Crippen LogP contribution >= 0.6 is 0 Å². The van der Waals surface area contributed by atoms with Gasteiger partial charge in [-0.15, -0.1) is 4.89 Å². The van der Waals surface area contributed by atoms with Crippen molar-refractivity contribution in [2.75, 3.05) is 6.79 Å². The van der Waals surface area contributed by atoms with Gasteiger partial charge in [0, 0.05) is 12.8 Å². The second-order valence-corrected chi connectivity index (χ2v) is 1.91. The molecule has 0 fully saturated rings. The van der Waals surface area contributed by atoms with Gasteiger partial charge in [0.2, 0.25) is 6.79 Å². The minimum absolute atomic E-state index is 0.224. The highest BCUT2D eigenvalue weighted by Gasteiger charge is 2.01. The van der Waals surface area contributed by atoms with Gasteiger partial charge in [0.25, 0.3) is 0 Å². The van der Waals surface area contributed by atoms with Crippen LogP contribution in [0.15, 0.2) is 0 Å². The first kappa shape index (κ1) is 10.9. The van der Waals surface area contributed by atoms with Gasteiger partial charge in [-0.25, -0.2) is 4.79 Å². The number of carbonyl (C=O) groups is 2. The molecule has 5 nitrogen and oxygen atoms in total. The van der Waals surface area contributed by atoms with Crippen LogP contribution in [-0.2, 0) is 24.1 Å². The highest BCUT2D eigenvalue weighted by Crippen LogP contribution is 1.89. The zero-order valence-corrected chi connectivity index (χ0v) is 7.16. The summed E-state index contributed by atoms with van der Waals surface area (Å²) < 4.78 is 4.45. The Morgan fingerprint density at radius 1 is 1.08 bits per heavy atom. The minimum Gasteiger partial charge on any atom is -0.434 e. The van der Waals surface area contributed by atoms with E-state index in [4.69, 9.17) is 0 Å². The molecule has 5 heteroatoms. The van der Waals surface area contributed by atoms with Crippen LogP contribution in [0.5, 0.6) is 0 Å². The maximum Gasteiger partial charge on any atom is 0.342 e. The molecule has 0 aliphatic carbocycles. The molecule has 0 radical (unpaired) electrons. The Morgan fingerprint density at radius 2 is 1.67 bits per heavy atom. The summed E-state index contributed by atoms with van der Waals surface area (Å²) in [5.74, 6) is -0.898. The summed E-state index contributed by atoms with van der Waals surface area (Å²) in [7, 11) is 0. The average Bonchev–Trinajstić information content (AvgIpc) is 2.11. The van der Waals surface area contributed by atoms with Crippen LogP contribution in [0, 0.1) is 0 Å². The van der Waals surface area contributed by atoms with Gasteiger partial charge in [-0.05, 0) is 0 Å². The second-order valence-electron chi connectivity index (χ2n) is 1.91. The lowest BCUT2D eigenvalue weighted by molar-refractivity contribution is -0.305. The second kappa shape index (κ2) is 6.60. The smallest absolute Gasteiger partial charge is 0.342 e. The summed E-state index contributed by atoms with van der Waals surface area (Å²) in [6.45, 7) is 2.93. The summed E-state index contributed by atoms with van der Waals surface area (Å²) in [4.78, 5) is 29.4. The summed E-state index contributed by atoms with van der Waals surface area (Å²) >= 11 is 0. The molecule has 70 valence electrons. The van der Waals surface area contributed by atoms with E-state index in [1.807, 2.05) is 0 Å². The van der Waals surface area contributed by atoms with Crippen molar-refractivity contribution in [1.29, 1.82) is 0 Å². The van der Waals surface area contributed by atoms with Gasteiger partial charge in [-0.3, -0.25) is 9.68 Å². The molecule has 0 aliphatic heterocycles. The molecular weight excluding hydrogens is 164 g/mol. The molecule has 0 aliphatic rings. The molecule has 0 rings (SSSR count). The van der Waals surface area contributed by atoms with E-state index in [2.05, 4.69) is 14.5 Å². The number of esters is 1. The van der Waals surface area contributed by atoms with E-state index in [1.54, 1.807) is 13.8 Å². The quantitative estimate of drug-likeness (QED) is 0.204. The molecule has 0 bridgehead atoms. The van der Waals surface area contributed by atoms with Crippen LogP contribution in [0.2, 0.25) is 0 Å². The molecule has 0 spiro atoms. The summed E-state index contributed by atoms with van der Waals surface area (Å²) in [6.07, 6.45) is 0.493. The predicted octanol–water partition coefficient (Wildman–Crippen LogP) is 0.782. The Kier molecular flexibility index (Phi) is 6.00. The third kappa shape index (κ3) is 5.67. The third-order valence-corrected chi connectivity index (χ3v) is 0.997. The van der Waals surface area contributed by atoms with E-state index in [-0.39, 0.29) is 19.6 Å². The largest absolute Gasteiger partial charge is 0.434 e. The lowest BCUT2D eigenvalue weighted by atomic mass is 10.5. The molecule has 12 heavy (non-hydrogen) atoms. The SMILES string of the molecule is CCC(=O)OCOOC(=O)CC. The van der Waals surface area contributed by atoms with E-state index in [9.17, 15) is 9.59 Å². The van der Waals surface area contributed by atoms with Gasteiger partial charge in [-0.2, -0.15) is 0 Å². The number of carbonyl (C=O) groups excluding carboxylic acids is 2. The van der Waals surface area contributed by atoms with Crippen LogP contribution in [-0.4, -0.2) is 18.7 Å². The van der Waals surface area contributed by atoms with Crippen molar-refractivity contribution in [3.8, 4) is 0 Å². The lowest BCUT2D eigenvalue weighted by Crippen LogP contribution is -2.10. The molecule has 0 amide bonds. The fraction of sp³-hybridized carbons (Fsp3) is 0.714. The first-order valence-corrected chi connectivity index (χ1v) is 3.68. The van der Waals surface area contributed by atoms with E-state index in [1.165, 1.54) is 0 Å². The first-order chi connectivity index (χ1) is 5.70. The zero-order chi connectivity index (χ0) is 9.40. The number of hydrogen-bond donors (Lipinski definition) is 0. The van der Waals surface area contributed by atoms with Crippen LogP contribution in [0.3, 0.4) is 0 Å². The van der Waals surface area contributed by atoms with Gasteiger partial charge in [-0.1, -0.05) is 13.8 Å². The lowest BCUT2D eigenvalue weighted by Gasteiger charge is -2.02. The van der Waals surface area contributed by atoms with Gasteiger partial charge >= 0.3 is 11.9 Å². The molecule has 0 aromatic carbocycles. The normalized spacial score (nSPS) is 9.17. The molecule has 0 saturated carbocycles. The summed E-state index contributed by atoms with van der Waals surface area (Å²) in [5.41, 5.74) is 0.